The quantitative estimate of drug-likeness (QED) is 0.437. The van der Waals surface area contributed by atoms with Gasteiger partial charge in [-0.1, -0.05) is 42.7 Å². The Morgan fingerprint density at radius 1 is 1.35 bits per heavy atom. The first-order valence-corrected chi connectivity index (χ1v) is 5.29. The maximum atomic E-state index is 11.5. The van der Waals surface area contributed by atoms with Gasteiger partial charge in [0, 0.05) is 11.1 Å². The van der Waals surface area contributed by atoms with Crippen LogP contribution >= 0.6 is 0 Å². The predicted octanol–water partition coefficient (Wildman–Crippen LogP) is 3.33. The molecule has 0 spiro atoms. The number of allylic oxidation sites excluding steroid dienone is 2. The van der Waals surface area contributed by atoms with Gasteiger partial charge >= 0.3 is 5.97 Å². The number of carbonyl (C=O) groups excluding carboxylic acids is 1. The van der Waals surface area contributed by atoms with Gasteiger partial charge in [-0.25, -0.2) is 4.79 Å². The summed E-state index contributed by atoms with van der Waals surface area (Å²) in [5.74, 6) is -0.00352. The molecule has 1 aromatic rings. The van der Waals surface area contributed by atoms with Crippen molar-refractivity contribution in [1.29, 1.82) is 0 Å². The lowest BCUT2D eigenvalue weighted by Gasteiger charge is -2.08. The highest BCUT2D eigenvalue weighted by atomic mass is 16.5. The van der Waals surface area contributed by atoms with Crippen molar-refractivity contribution in [3.8, 4) is 0 Å². The molecule has 0 heterocycles. The first kappa shape index (κ1) is 11.2. The minimum atomic E-state index is -0.433. The van der Waals surface area contributed by atoms with Crippen molar-refractivity contribution >= 4 is 17.8 Å². The fourth-order valence-electron chi connectivity index (χ4n) is 1.47. The van der Waals surface area contributed by atoms with E-state index < -0.39 is 5.97 Å². The SMILES string of the molecule is C=C(C)C(=O)OC1=C=CC=Cc2ccccc21. The fourth-order valence-corrected chi connectivity index (χ4v) is 1.47. The first-order chi connectivity index (χ1) is 8.18. The van der Waals surface area contributed by atoms with Crippen molar-refractivity contribution in [3.05, 3.63) is 65.4 Å². The summed E-state index contributed by atoms with van der Waals surface area (Å²) in [6.45, 7) is 5.18. The van der Waals surface area contributed by atoms with Crippen LogP contribution in [0.2, 0.25) is 0 Å². The normalized spacial score (nSPS) is 12.4. The molecule has 0 unspecified atom stereocenters. The highest BCUT2D eigenvalue weighted by molar-refractivity contribution is 5.91. The summed E-state index contributed by atoms with van der Waals surface area (Å²) in [6, 6.07) is 7.69. The third kappa shape index (κ3) is 2.44. The third-order valence-corrected chi connectivity index (χ3v) is 2.34. The molecule has 84 valence electrons. The van der Waals surface area contributed by atoms with Gasteiger partial charge in [0.2, 0.25) is 0 Å². The Balaban J connectivity index is 2.41. The molecule has 0 aromatic heterocycles. The molecule has 0 aliphatic heterocycles. The maximum Gasteiger partial charge on any atom is 0.339 e. The Bertz CT molecular complexity index is 570. The van der Waals surface area contributed by atoms with E-state index in [0.29, 0.717) is 11.3 Å². The largest absolute Gasteiger partial charge is 0.414 e. The van der Waals surface area contributed by atoms with Gasteiger partial charge in [-0.15, -0.1) is 0 Å². The average Bonchev–Trinajstić information content (AvgIpc) is 2.52. The number of rotatable bonds is 2. The van der Waals surface area contributed by atoms with E-state index in [1.807, 2.05) is 36.4 Å². The first-order valence-electron chi connectivity index (χ1n) is 5.29. The molecule has 2 heteroatoms. The molecule has 2 rings (SSSR count). The van der Waals surface area contributed by atoms with E-state index in [1.165, 1.54) is 0 Å². The minimum absolute atomic E-state index is 0.369. The van der Waals surface area contributed by atoms with Crippen molar-refractivity contribution < 1.29 is 9.53 Å². The van der Waals surface area contributed by atoms with E-state index in [0.717, 1.165) is 11.1 Å². The second kappa shape index (κ2) is 4.69. The summed E-state index contributed by atoms with van der Waals surface area (Å²) >= 11 is 0. The number of carbonyl (C=O) groups is 1. The molecule has 0 fully saturated rings. The maximum absolute atomic E-state index is 11.5. The Kier molecular flexibility index (Phi) is 3.08. The molecule has 2 nitrogen and oxygen atoms in total. The van der Waals surface area contributed by atoms with Crippen molar-refractivity contribution in [2.45, 2.75) is 6.92 Å². The Labute approximate surface area is 100 Å². The number of hydrogen-bond acceptors (Lipinski definition) is 2. The minimum Gasteiger partial charge on any atom is -0.414 e. The molecule has 0 saturated heterocycles. The summed E-state index contributed by atoms with van der Waals surface area (Å²) in [5.41, 5.74) is 5.17. The molecular formula is C15H12O2. The van der Waals surface area contributed by atoms with Gasteiger partial charge in [0.25, 0.3) is 0 Å². The molecule has 1 aromatic carbocycles. The highest BCUT2D eigenvalue weighted by Crippen LogP contribution is 2.23. The zero-order valence-electron chi connectivity index (χ0n) is 9.57. The van der Waals surface area contributed by atoms with E-state index in [-0.39, 0.29) is 0 Å². The van der Waals surface area contributed by atoms with Crippen LogP contribution in [0.5, 0.6) is 0 Å². The second-order valence-electron chi connectivity index (χ2n) is 3.76. The lowest BCUT2D eigenvalue weighted by Crippen LogP contribution is -2.04. The lowest BCUT2D eigenvalue weighted by molar-refractivity contribution is -0.132. The standard InChI is InChI=1S/C15H12O2/c1-11(2)15(16)17-14-10-6-4-8-12-7-3-5-9-13(12)14/h3-9H,1H2,2H3. The molecule has 17 heavy (non-hydrogen) atoms. The summed E-state index contributed by atoms with van der Waals surface area (Å²) in [4.78, 5) is 11.5. The van der Waals surface area contributed by atoms with Crippen LogP contribution in [0, 0.1) is 0 Å². The number of hydrogen-bond donors (Lipinski definition) is 0. The van der Waals surface area contributed by atoms with Crippen LogP contribution < -0.4 is 0 Å². The van der Waals surface area contributed by atoms with Crippen molar-refractivity contribution in [2.24, 2.45) is 0 Å². The van der Waals surface area contributed by atoms with E-state index in [4.69, 9.17) is 4.74 Å². The number of benzene rings is 1. The fraction of sp³-hybridized carbons (Fsp3) is 0.0667. The van der Waals surface area contributed by atoms with Crippen molar-refractivity contribution in [3.63, 3.8) is 0 Å². The predicted molar refractivity (Wildman–Crippen MR) is 67.9 cm³/mol. The molecule has 0 saturated carbocycles. The number of fused-ring (bicyclic) bond motifs is 1. The summed E-state index contributed by atoms with van der Waals surface area (Å²) < 4.78 is 5.26. The molecule has 0 bridgehead atoms. The smallest absolute Gasteiger partial charge is 0.339 e. The van der Waals surface area contributed by atoms with Crippen LogP contribution in [0.3, 0.4) is 0 Å². The van der Waals surface area contributed by atoms with Crippen molar-refractivity contribution in [2.75, 3.05) is 0 Å². The van der Waals surface area contributed by atoms with Crippen LogP contribution in [-0.2, 0) is 9.53 Å². The van der Waals surface area contributed by atoms with Gasteiger partial charge in [-0.2, -0.15) is 0 Å². The van der Waals surface area contributed by atoms with Crippen LogP contribution in [0.25, 0.3) is 11.8 Å². The van der Waals surface area contributed by atoms with Gasteiger partial charge in [0.05, 0.1) is 0 Å². The molecule has 0 N–H and O–H groups in total. The Morgan fingerprint density at radius 3 is 2.88 bits per heavy atom. The summed E-state index contributed by atoms with van der Waals surface area (Å²) in [5, 5.41) is 0. The zero-order chi connectivity index (χ0) is 12.3. The van der Waals surface area contributed by atoms with Gasteiger partial charge < -0.3 is 4.74 Å². The van der Waals surface area contributed by atoms with Crippen LogP contribution in [-0.4, -0.2) is 5.97 Å². The van der Waals surface area contributed by atoms with Crippen LogP contribution in [0.4, 0.5) is 0 Å². The summed E-state index contributed by atoms with van der Waals surface area (Å²) in [7, 11) is 0. The molecule has 0 amide bonds. The van der Waals surface area contributed by atoms with E-state index >= 15 is 0 Å². The third-order valence-electron chi connectivity index (χ3n) is 2.34. The highest BCUT2D eigenvalue weighted by Gasteiger charge is 2.12. The second-order valence-corrected chi connectivity index (χ2v) is 3.76. The van der Waals surface area contributed by atoms with Gasteiger partial charge in [-0.05, 0) is 24.6 Å². The van der Waals surface area contributed by atoms with Gasteiger partial charge in [-0.3, -0.25) is 0 Å². The van der Waals surface area contributed by atoms with Gasteiger partial charge in [0.15, 0.2) is 5.76 Å². The number of esters is 1. The lowest BCUT2D eigenvalue weighted by atomic mass is 10.1. The van der Waals surface area contributed by atoms with E-state index in [2.05, 4.69) is 12.3 Å². The molecule has 0 radical (unpaired) electrons. The average molecular weight is 224 g/mol. The zero-order valence-corrected chi connectivity index (χ0v) is 9.57. The molecule has 1 aliphatic carbocycles. The Morgan fingerprint density at radius 2 is 2.12 bits per heavy atom. The molecule has 0 atom stereocenters. The van der Waals surface area contributed by atoms with Crippen LogP contribution in [0.15, 0.2) is 54.3 Å². The number of ether oxygens (including phenoxy) is 1. The Hall–Kier alpha value is -2.31. The summed E-state index contributed by atoms with van der Waals surface area (Å²) in [6.07, 6.45) is 5.53. The topological polar surface area (TPSA) is 26.3 Å². The van der Waals surface area contributed by atoms with Gasteiger partial charge in [0.1, 0.15) is 0 Å². The van der Waals surface area contributed by atoms with Crippen LogP contribution in [0.1, 0.15) is 18.1 Å². The molecule has 1 aliphatic rings. The van der Waals surface area contributed by atoms with E-state index in [9.17, 15) is 4.79 Å². The monoisotopic (exact) mass is 224 g/mol. The van der Waals surface area contributed by atoms with E-state index in [1.54, 1.807) is 13.0 Å². The molecular weight excluding hydrogens is 212 g/mol. The van der Waals surface area contributed by atoms with Crippen molar-refractivity contribution in [1.82, 2.24) is 0 Å².